The molecule has 0 fully saturated rings. The molecule has 0 amide bonds. The fourth-order valence-corrected chi connectivity index (χ4v) is 8.84. The minimum Gasteiger partial charge on any atom is -0.456 e. The lowest BCUT2D eigenvalue weighted by atomic mass is 9.89. The largest absolute Gasteiger partial charge is 0.456 e. The summed E-state index contributed by atoms with van der Waals surface area (Å²) in [5.41, 5.74) is 11.4. The molecule has 0 radical (unpaired) electrons. The van der Waals surface area contributed by atoms with Crippen molar-refractivity contribution >= 4 is 54.3 Å². The van der Waals surface area contributed by atoms with Gasteiger partial charge in [-0.3, -0.25) is 0 Å². The molecule has 0 aliphatic rings. The Kier molecular flexibility index (Phi) is 8.13. The Hall–Kier alpha value is -8.21. The summed E-state index contributed by atoms with van der Waals surface area (Å²) in [5, 5.41) is 9.66. The Labute approximate surface area is 352 Å². The molecule has 2 aromatic heterocycles. The second kappa shape index (κ2) is 14.3. The monoisotopic (exact) mass is 777 g/mol. The van der Waals surface area contributed by atoms with Crippen molar-refractivity contribution in [3.8, 4) is 67.5 Å². The van der Waals surface area contributed by atoms with Crippen molar-refractivity contribution in [1.29, 1.82) is 0 Å². The molecule has 4 heteroatoms. The molecule has 0 saturated heterocycles. The van der Waals surface area contributed by atoms with Gasteiger partial charge in [0.05, 0.1) is 0 Å². The van der Waals surface area contributed by atoms with E-state index in [2.05, 4.69) is 188 Å². The normalized spacial score (nSPS) is 11.6. The van der Waals surface area contributed by atoms with Gasteiger partial charge >= 0.3 is 0 Å². The predicted molar refractivity (Wildman–Crippen MR) is 252 cm³/mol. The number of furan rings is 1. The van der Waals surface area contributed by atoms with E-state index in [1.165, 1.54) is 37.9 Å². The summed E-state index contributed by atoms with van der Waals surface area (Å²) in [6.45, 7) is 0. The highest BCUT2D eigenvalue weighted by Gasteiger charge is 2.16. The van der Waals surface area contributed by atoms with Crippen LogP contribution in [0, 0.1) is 0 Å². The van der Waals surface area contributed by atoms with Gasteiger partial charge in [-0.15, -0.1) is 0 Å². The second-order valence-electron chi connectivity index (χ2n) is 15.6. The first-order valence-electron chi connectivity index (χ1n) is 20.6. The minimum atomic E-state index is 0.613. The number of nitrogens with zero attached hydrogens (tertiary/aromatic N) is 3. The fourth-order valence-electron chi connectivity index (χ4n) is 8.84. The standard InChI is InChI=1S/C57H35N3O/c1-2-10-36(11-3-1)37-18-24-41(25-19-37)55-58-56(42-26-20-38(21-27-42)44-31-32-49-48-16-8-9-17-52(48)61-53(49)35-44)60-57(59-55)43-28-22-40(23-29-43)54-47-15-7-5-13-45(47)34-51-46-14-6-4-12-39(46)30-33-50(51)54/h1-35H. The maximum absolute atomic E-state index is 6.21. The lowest BCUT2D eigenvalue weighted by Crippen LogP contribution is -2.00. The van der Waals surface area contributed by atoms with Crippen molar-refractivity contribution in [3.05, 3.63) is 212 Å². The molecule has 0 atom stereocenters. The van der Waals surface area contributed by atoms with E-state index in [1.54, 1.807) is 0 Å². The van der Waals surface area contributed by atoms with E-state index in [1.807, 2.05) is 24.3 Å². The smallest absolute Gasteiger partial charge is 0.164 e. The Balaban J connectivity index is 0.952. The number of hydrogen-bond acceptors (Lipinski definition) is 4. The van der Waals surface area contributed by atoms with Gasteiger partial charge in [0.1, 0.15) is 11.2 Å². The zero-order valence-electron chi connectivity index (χ0n) is 33.0. The van der Waals surface area contributed by atoms with Crippen molar-refractivity contribution < 1.29 is 4.42 Å². The Morgan fingerprint density at radius 1 is 0.246 bits per heavy atom. The molecular formula is C57H35N3O. The highest BCUT2D eigenvalue weighted by Crippen LogP contribution is 2.40. The second-order valence-corrected chi connectivity index (χ2v) is 15.6. The number of fused-ring (bicyclic) bond motifs is 7. The third-order valence-electron chi connectivity index (χ3n) is 11.9. The van der Waals surface area contributed by atoms with Crippen LogP contribution in [0.2, 0.25) is 0 Å². The van der Waals surface area contributed by atoms with E-state index in [0.29, 0.717) is 17.5 Å². The molecule has 12 rings (SSSR count). The van der Waals surface area contributed by atoms with Crippen molar-refractivity contribution in [2.75, 3.05) is 0 Å². The van der Waals surface area contributed by atoms with Gasteiger partial charge in [0.2, 0.25) is 0 Å². The number of aromatic nitrogens is 3. The third-order valence-corrected chi connectivity index (χ3v) is 11.9. The summed E-state index contributed by atoms with van der Waals surface area (Å²) < 4.78 is 6.21. The van der Waals surface area contributed by atoms with Crippen LogP contribution >= 0.6 is 0 Å². The van der Waals surface area contributed by atoms with Gasteiger partial charge in [-0.05, 0) is 90.0 Å². The molecule has 284 valence electrons. The summed E-state index contributed by atoms with van der Waals surface area (Å²) in [4.78, 5) is 15.3. The number of benzene rings is 10. The molecule has 0 aliphatic heterocycles. The van der Waals surface area contributed by atoms with Gasteiger partial charge < -0.3 is 4.42 Å². The van der Waals surface area contributed by atoms with Gasteiger partial charge in [0, 0.05) is 27.5 Å². The first kappa shape index (κ1) is 34.8. The number of para-hydroxylation sites is 1. The van der Waals surface area contributed by atoms with Crippen molar-refractivity contribution in [3.63, 3.8) is 0 Å². The zero-order valence-corrected chi connectivity index (χ0v) is 33.0. The van der Waals surface area contributed by atoms with E-state index in [-0.39, 0.29) is 0 Å². The molecule has 61 heavy (non-hydrogen) atoms. The molecule has 12 aromatic rings. The van der Waals surface area contributed by atoms with Crippen LogP contribution in [-0.2, 0) is 0 Å². The van der Waals surface area contributed by atoms with Crippen LogP contribution < -0.4 is 0 Å². The van der Waals surface area contributed by atoms with Crippen LogP contribution in [-0.4, -0.2) is 15.0 Å². The number of hydrogen-bond donors (Lipinski definition) is 0. The molecule has 4 nitrogen and oxygen atoms in total. The lowest BCUT2D eigenvalue weighted by Gasteiger charge is -2.14. The molecule has 0 N–H and O–H groups in total. The fraction of sp³-hybridized carbons (Fsp3) is 0. The third kappa shape index (κ3) is 6.12. The molecule has 0 spiro atoms. The Morgan fingerprint density at radius 2 is 0.705 bits per heavy atom. The van der Waals surface area contributed by atoms with Crippen molar-refractivity contribution in [1.82, 2.24) is 15.0 Å². The zero-order chi connectivity index (χ0) is 40.3. The van der Waals surface area contributed by atoms with Gasteiger partial charge in [0.25, 0.3) is 0 Å². The first-order valence-corrected chi connectivity index (χ1v) is 20.6. The highest BCUT2D eigenvalue weighted by molar-refractivity contribution is 6.20. The van der Waals surface area contributed by atoms with Crippen LogP contribution in [0.3, 0.4) is 0 Å². The highest BCUT2D eigenvalue weighted by atomic mass is 16.3. The van der Waals surface area contributed by atoms with Crippen LogP contribution in [0.4, 0.5) is 0 Å². The maximum Gasteiger partial charge on any atom is 0.164 e. The molecule has 2 heterocycles. The minimum absolute atomic E-state index is 0.613. The van der Waals surface area contributed by atoms with E-state index in [4.69, 9.17) is 19.4 Å². The average molecular weight is 778 g/mol. The maximum atomic E-state index is 6.21. The molecule has 0 bridgehead atoms. The molecule has 0 aliphatic carbocycles. The Bertz CT molecular complexity index is 3610. The van der Waals surface area contributed by atoms with Crippen LogP contribution in [0.1, 0.15) is 0 Å². The van der Waals surface area contributed by atoms with Crippen LogP contribution in [0.5, 0.6) is 0 Å². The molecule has 0 saturated carbocycles. The lowest BCUT2D eigenvalue weighted by molar-refractivity contribution is 0.669. The van der Waals surface area contributed by atoms with Crippen molar-refractivity contribution in [2.24, 2.45) is 0 Å². The first-order chi connectivity index (χ1) is 30.2. The van der Waals surface area contributed by atoms with Crippen LogP contribution in [0.15, 0.2) is 217 Å². The van der Waals surface area contributed by atoms with E-state index in [9.17, 15) is 0 Å². The van der Waals surface area contributed by atoms with Gasteiger partial charge in [-0.25, -0.2) is 15.0 Å². The topological polar surface area (TPSA) is 51.8 Å². The van der Waals surface area contributed by atoms with E-state index >= 15 is 0 Å². The quantitative estimate of drug-likeness (QED) is 0.125. The molecule has 10 aromatic carbocycles. The summed E-state index contributed by atoms with van der Waals surface area (Å²) in [6, 6.07) is 74.7. The SMILES string of the molecule is c1ccc(-c2ccc(-c3nc(-c4ccc(-c5ccc6c(c5)oc5ccccc56)cc4)nc(-c4ccc(-c5c6ccccc6cc6c5ccc5ccccc56)cc4)n3)cc2)cc1. The predicted octanol–water partition coefficient (Wildman–Crippen LogP) is 15.2. The van der Waals surface area contributed by atoms with Crippen LogP contribution in [0.25, 0.3) is 122 Å². The Morgan fingerprint density at radius 3 is 1.38 bits per heavy atom. The van der Waals surface area contributed by atoms with E-state index in [0.717, 1.165) is 66.4 Å². The van der Waals surface area contributed by atoms with Gasteiger partial charge in [-0.2, -0.15) is 0 Å². The van der Waals surface area contributed by atoms with Gasteiger partial charge in [-0.1, -0.05) is 188 Å². The van der Waals surface area contributed by atoms with E-state index < -0.39 is 0 Å². The van der Waals surface area contributed by atoms with Gasteiger partial charge in [0.15, 0.2) is 17.5 Å². The number of rotatable bonds is 6. The summed E-state index contributed by atoms with van der Waals surface area (Å²) >= 11 is 0. The molecular weight excluding hydrogens is 743 g/mol. The summed E-state index contributed by atoms with van der Waals surface area (Å²) in [6.07, 6.45) is 0. The van der Waals surface area contributed by atoms with Crippen molar-refractivity contribution in [2.45, 2.75) is 0 Å². The molecule has 0 unspecified atom stereocenters. The summed E-state index contributed by atoms with van der Waals surface area (Å²) in [5.74, 6) is 1.85. The average Bonchev–Trinajstić information content (AvgIpc) is 3.71. The summed E-state index contributed by atoms with van der Waals surface area (Å²) in [7, 11) is 0.